The number of hydrogen-bond acceptors (Lipinski definition) is 4. The van der Waals surface area contributed by atoms with Crippen LogP contribution in [0.3, 0.4) is 0 Å². The van der Waals surface area contributed by atoms with Gasteiger partial charge in [-0.3, -0.25) is 0 Å². The minimum Gasteiger partial charge on any atom is -0.339 e. The van der Waals surface area contributed by atoms with Gasteiger partial charge in [0, 0.05) is 6.42 Å². The highest BCUT2D eigenvalue weighted by Crippen LogP contribution is 2.26. The van der Waals surface area contributed by atoms with E-state index in [-0.39, 0.29) is 0 Å². The third-order valence-corrected chi connectivity index (χ3v) is 4.29. The first kappa shape index (κ1) is 12.2. The third kappa shape index (κ3) is 2.91. The molecule has 1 aliphatic heterocycles. The Morgan fingerprint density at radius 3 is 2.61 bits per heavy atom. The molecule has 4 nitrogen and oxygen atoms in total. The second-order valence-electron chi connectivity index (χ2n) is 5.76. The summed E-state index contributed by atoms with van der Waals surface area (Å²) in [6.45, 7) is 1.08. The molecule has 0 radical (unpaired) electrons. The predicted molar refractivity (Wildman–Crippen MR) is 69.2 cm³/mol. The maximum absolute atomic E-state index is 5.42. The van der Waals surface area contributed by atoms with Crippen molar-refractivity contribution < 1.29 is 4.52 Å². The van der Waals surface area contributed by atoms with E-state index in [1.807, 2.05) is 0 Å². The summed E-state index contributed by atoms with van der Waals surface area (Å²) in [5.41, 5.74) is 0. The van der Waals surface area contributed by atoms with Gasteiger partial charge in [0.05, 0.1) is 6.04 Å². The van der Waals surface area contributed by atoms with Gasteiger partial charge in [0.1, 0.15) is 0 Å². The van der Waals surface area contributed by atoms with Crippen LogP contribution in [-0.4, -0.2) is 16.7 Å². The highest BCUT2D eigenvalue weighted by atomic mass is 16.5. The highest BCUT2D eigenvalue weighted by Gasteiger charge is 2.23. The number of aromatic nitrogens is 2. The lowest BCUT2D eigenvalue weighted by molar-refractivity contribution is 0.333. The molecule has 1 saturated carbocycles. The summed E-state index contributed by atoms with van der Waals surface area (Å²) in [5.74, 6) is 2.49. The monoisotopic (exact) mass is 249 g/mol. The molecule has 0 amide bonds. The summed E-state index contributed by atoms with van der Waals surface area (Å²) in [4.78, 5) is 4.58. The SMILES string of the molecule is C1CCCC(Cc2nc(C3CCCN3)no2)CC1. The number of nitrogens with one attached hydrogen (secondary N) is 1. The van der Waals surface area contributed by atoms with Crippen molar-refractivity contribution in [3.8, 4) is 0 Å². The fraction of sp³-hybridized carbons (Fsp3) is 0.857. The summed E-state index contributed by atoms with van der Waals surface area (Å²) in [6.07, 6.45) is 11.6. The first-order valence-electron chi connectivity index (χ1n) is 7.47. The van der Waals surface area contributed by atoms with Crippen LogP contribution in [0.5, 0.6) is 0 Å². The van der Waals surface area contributed by atoms with Gasteiger partial charge in [-0.2, -0.15) is 4.98 Å². The lowest BCUT2D eigenvalue weighted by atomic mass is 9.97. The molecule has 0 aromatic carbocycles. The van der Waals surface area contributed by atoms with Crippen LogP contribution in [0, 0.1) is 5.92 Å². The highest BCUT2D eigenvalue weighted by molar-refractivity contribution is 4.97. The zero-order chi connectivity index (χ0) is 12.2. The number of rotatable bonds is 3. The Kier molecular flexibility index (Phi) is 3.93. The smallest absolute Gasteiger partial charge is 0.226 e. The zero-order valence-corrected chi connectivity index (χ0v) is 11.0. The van der Waals surface area contributed by atoms with E-state index in [4.69, 9.17) is 4.52 Å². The van der Waals surface area contributed by atoms with E-state index >= 15 is 0 Å². The molecule has 1 saturated heterocycles. The maximum atomic E-state index is 5.42. The molecule has 1 atom stereocenters. The Labute approximate surface area is 109 Å². The molecular weight excluding hydrogens is 226 g/mol. The topological polar surface area (TPSA) is 51.0 Å². The van der Waals surface area contributed by atoms with E-state index in [9.17, 15) is 0 Å². The third-order valence-electron chi connectivity index (χ3n) is 4.29. The minimum atomic E-state index is 0.330. The van der Waals surface area contributed by atoms with E-state index in [0.29, 0.717) is 6.04 Å². The van der Waals surface area contributed by atoms with Crippen LogP contribution < -0.4 is 5.32 Å². The molecule has 1 unspecified atom stereocenters. The molecule has 18 heavy (non-hydrogen) atoms. The fourth-order valence-corrected chi connectivity index (χ4v) is 3.21. The number of hydrogen-bond donors (Lipinski definition) is 1. The Hall–Kier alpha value is -0.900. The Morgan fingerprint density at radius 2 is 1.89 bits per heavy atom. The Balaban J connectivity index is 1.58. The van der Waals surface area contributed by atoms with Crippen LogP contribution in [0.15, 0.2) is 4.52 Å². The van der Waals surface area contributed by atoms with Crippen molar-refractivity contribution in [2.45, 2.75) is 63.8 Å². The van der Waals surface area contributed by atoms with Gasteiger partial charge in [-0.1, -0.05) is 30.8 Å². The molecule has 1 N–H and O–H groups in total. The largest absolute Gasteiger partial charge is 0.339 e. The first-order chi connectivity index (χ1) is 8.92. The number of nitrogens with zero attached hydrogens (tertiary/aromatic N) is 2. The van der Waals surface area contributed by atoms with Gasteiger partial charge in [0.15, 0.2) is 5.82 Å². The molecule has 2 aliphatic rings. The standard InChI is InChI=1S/C14H23N3O/c1-2-4-7-11(6-3-1)10-13-16-14(17-18-13)12-8-5-9-15-12/h11-12,15H,1-10H2. The van der Waals surface area contributed by atoms with Crippen molar-refractivity contribution in [2.24, 2.45) is 5.92 Å². The molecule has 2 fully saturated rings. The normalized spacial score (nSPS) is 26.3. The molecule has 0 spiro atoms. The van der Waals surface area contributed by atoms with Crippen LogP contribution in [0.4, 0.5) is 0 Å². The zero-order valence-electron chi connectivity index (χ0n) is 11.0. The Morgan fingerprint density at radius 1 is 1.06 bits per heavy atom. The van der Waals surface area contributed by atoms with Gasteiger partial charge in [-0.25, -0.2) is 0 Å². The molecule has 1 aromatic heterocycles. The molecular formula is C14H23N3O. The van der Waals surface area contributed by atoms with Gasteiger partial charge in [0.2, 0.25) is 5.89 Å². The van der Waals surface area contributed by atoms with Gasteiger partial charge in [0.25, 0.3) is 0 Å². The van der Waals surface area contributed by atoms with Crippen molar-refractivity contribution in [2.75, 3.05) is 6.54 Å². The summed E-state index contributed by atoms with van der Waals surface area (Å²) in [7, 11) is 0. The average Bonchev–Trinajstić information content (AvgIpc) is 2.98. The van der Waals surface area contributed by atoms with Crippen molar-refractivity contribution >= 4 is 0 Å². The Bertz CT molecular complexity index is 363. The summed E-state index contributed by atoms with van der Waals surface area (Å²) < 4.78 is 5.42. The minimum absolute atomic E-state index is 0.330. The van der Waals surface area contributed by atoms with Gasteiger partial charge in [-0.15, -0.1) is 0 Å². The summed E-state index contributed by atoms with van der Waals surface area (Å²) in [5, 5.41) is 7.55. The van der Waals surface area contributed by atoms with Crippen molar-refractivity contribution in [1.29, 1.82) is 0 Å². The molecule has 3 rings (SSSR count). The van der Waals surface area contributed by atoms with E-state index < -0.39 is 0 Å². The van der Waals surface area contributed by atoms with Crippen molar-refractivity contribution in [3.05, 3.63) is 11.7 Å². The van der Waals surface area contributed by atoms with E-state index in [1.54, 1.807) is 0 Å². The van der Waals surface area contributed by atoms with Crippen LogP contribution in [-0.2, 0) is 6.42 Å². The van der Waals surface area contributed by atoms with E-state index in [2.05, 4.69) is 15.5 Å². The molecule has 0 bridgehead atoms. The lowest BCUT2D eigenvalue weighted by Gasteiger charge is -2.10. The van der Waals surface area contributed by atoms with Gasteiger partial charge in [-0.05, 0) is 38.1 Å². The van der Waals surface area contributed by atoms with Gasteiger partial charge >= 0.3 is 0 Å². The quantitative estimate of drug-likeness (QED) is 0.837. The summed E-state index contributed by atoms with van der Waals surface area (Å²) in [6, 6.07) is 0.330. The summed E-state index contributed by atoms with van der Waals surface area (Å²) >= 11 is 0. The first-order valence-corrected chi connectivity index (χ1v) is 7.47. The van der Waals surface area contributed by atoms with Crippen LogP contribution in [0.25, 0.3) is 0 Å². The maximum Gasteiger partial charge on any atom is 0.226 e. The van der Waals surface area contributed by atoms with Gasteiger partial charge < -0.3 is 9.84 Å². The predicted octanol–water partition coefficient (Wildman–Crippen LogP) is 3.01. The van der Waals surface area contributed by atoms with E-state index in [0.717, 1.165) is 37.0 Å². The van der Waals surface area contributed by atoms with E-state index in [1.165, 1.54) is 44.9 Å². The molecule has 1 aromatic rings. The molecule has 100 valence electrons. The molecule has 4 heteroatoms. The fourth-order valence-electron chi connectivity index (χ4n) is 3.21. The molecule has 1 aliphatic carbocycles. The molecule has 2 heterocycles. The van der Waals surface area contributed by atoms with Crippen LogP contribution >= 0.6 is 0 Å². The second-order valence-corrected chi connectivity index (χ2v) is 5.76. The van der Waals surface area contributed by atoms with Crippen molar-refractivity contribution in [1.82, 2.24) is 15.5 Å². The van der Waals surface area contributed by atoms with Crippen LogP contribution in [0.2, 0.25) is 0 Å². The average molecular weight is 249 g/mol. The van der Waals surface area contributed by atoms with Crippen LogP contribution in [0.1, 0.15) is 69.1 Å². The second kappa shape index (κ2) is 5.83. The lowest BCUT2D eigenvalue weighted by Crippen LogP contribution is -2.14. The van der Waals surface area contributed by atoms with Crippen molar-refractivity contribution in [3.63, 3.8) is 0 Å².